The van der Waals surface area contributed by atoms with Gasteiger partial charge in [-0.25, -0.2) is 4.79 Å². The molecule has 0 bridgehead atoms. The Morgan fingerprint density at radius 1 is 1.41 bits per heavy atom. The van der Waals surface area contributed by atoms with E-state index in [0.29, 0.717) is 6.42 Å². The van der Waals surface area contributed by atoms with Gasteiger partial charge in [0.25, 0.3) is 0 Å². The van der Waals surface area contributed by atoms with Crippen molar-refractivity contribution in [2.75, 3.05) is 13.7 Å². The molecule has 1 aliphatic carbocycles. The van der Waals surface area contributed by atoms with E-state index >= 15 is 0 Å². The van der Waals surface area contributed by atoms with Crippen molar-refractivity contribution in [3.05, 3.63) is 29.3 Å². The zero-order chi connectivity index (χ0) is 16.4. The van der Waals surface area contributed by atoms with E-state index in [4.69, 9.17) is 4.74 Å². The van der Waals surface area contributed by atoms with E-state index < -0.39 is 5.60 Å². The molecular formula is C17H26N2O3. The van der Waals surface area contributed by atoms with Crippen LogP contribution in [0, 0.1) is 0 Å². The van der Waals surface area contributed by atoms with Gasteiger partial charge < -0.3 is 20.5 Å². The van der Waals surface area contributed by atoms with Gasteiger partial charge in [0.2, 0.25) is 0 Å². The zero-order valence-electron chi connectivity index (χ0n) is 13.8. The summed E-state index contributed by atoms with van der Waals surface area (Å²) in [5.41, 5.74) is 0.654. The molecule has 1 aliphatic rings. The number of carbonyl (C=O) groups is 1. The molecular weight excluding hydrogens is 280 g/mol. The summed E-state index contributed by atoms with van der Waals surface area (Å²) >= 11 is 0. The number of carbonyl (C=O) groups excluding carboxylic acids is 1. The first-order valence-corrected chi connectivity index (χ1v) is 7.69. The number of hydrogen-bond donors (Lipinski definition) is 3. The number of rotatable bonds is 3. The summed E-state index contributed by atoms with van der Waals surface area (Å²) in [4.78, 5) is 11.9. The molecule has 0 spiro atoms. The van der Waals surface area contributed by atoms with Crippen molar-refractivity contribution in [1.82, 2.24) is 10.6 Å². The highest BCUT2D eigenvalue weighted by atomic mass is 16.5. The Hall–Kier alpha value is -1.75. The van der Waals surface area contributed by atoms with Crippen LogP contribution in [0.2, 0.25) is 0 Å². The van der Waals surface area contributed by atoms with E-state index in [1.165, 1.54) is 0 Å². The maximum absolute atomic E-state index is 11.9. The van der Waals surface area contributed by atoms with Crippen molar-refractivity contribution < 1.29 is 14.6 Å². The molecule has 122 valence electrons. The Morgan fingerprint density at radius 3 is 2.77 bits per heavy atom. The molecule has 0 aromatic heterocycles. The summed E-state index contributed by atoms with van der Waals surface area (Å²) in [6.45, 7) is 5.96. The van der Waals surface area contributed by atoms with Crippen LogP contribution in [0.3, 0.4) is 0 Å². The number of aryl methyl sites for hydroxylation is 1. The second-order valence-corrected chi connectivity index (χ2v) is 6.97. The third-order valence-corrected chi connectivity index (χ3v) is 3.88. The zero-order valence-corrected chi connectivity index (χ0v) is 13.8. The van der Waals surface area contributed by atoms with Gasteiger partial charge in [-0.15, -0.1) is 0 Å². The van der Waals surface area contributed by atoms with Crippen LogP contribution in [0.5, 0.6) is 5.75 Å². The third kappa shape index (κ3) is 3.91. The highest BCUT2D eigenvalue weighted by molar-refractivity contribution is 5.74. The molecule has 3 N–H and O–H groups in total. The molecule has 2 amide bonds. The molecule has 22 heavy (non-hydrogen) atoms. The molecule has 0 saturated heterocycles. The van der Waals surface area contributed by atoms with Crippen molar-refractivity contribution in [2.24, 2.45) is 0 Å². The smallest absolute Gasteiger partial charge is 0.315 e. The maximum atomic E-state index is 11.9. The molecule has 1 unspecified atom stereocenters. The van der Waals surface area contributed by atoms with Gasteiger partial charge in [0.15, 0.2) is 0 Å². The second kappa shape index (κ2) is 6.16. The predicted octanol–water partition coefficient (Wildman–Crippen LogP) is 2.32. The van der Waals surface area contributed by atoms with Crippen molar-refractivity contribution in [3.8, 4) is 5.75 Å². The number of hydrogen-bond acceptors (Lipinski definition) is 3. The fourth-order valence-corrected chi connectivity index (χ4v) is 2.86. The van der Waals surface area contributed by atoms with Crippen LogP contribution in [0.1, 0.15) is 44.7 Å². The average molecular weight is 306 g/mol. The highest BCUT2D eigenvalue weighted by Gasteiger charge is 2.35. The molecule has 0 fully saturated rings. The first-order valence-electron chi connectivity index (χ1n) is 7.69. The lowest BCUT2D eigenvalue weighted by Gasteiger charge is -2.35. The summed E-state index contributed by atoms with van der Waals surface area (Å²) in [6.07, 6.45) is 2.45. The molecule has 5 nitrogen and oxygen atoms in total. The van der Waals surface area contributed by atoms with Crippen molar-refractivity contribution in [3.63, 3.8) is 0 Å². The van der Waals surface area contributed by atoms with E-state index in [2.05, 4.69) is 10.6 Å². The SMILES string of the molecule is COc1ccc2c(c1)CCCC2(O)CNC(=O)NC(C)(C)C. The molecule has 0 aliphatic heterocycles. The van der Waals surface area contributed by atoms with Gasteiger partial charge in [-0.1, -0.05) is 6.07 Å². The van der Waals surface area contributed by atoms with Gasteiger partial charge in [0.05, 0.1) is 13.7 Å². The number of nitrogens with one attached hydrogen (secondary N) is 2. The number of ether oxygens (including phenoxy) is 1. The van der Waals surface area contributed by atoms with Crippen molar-refractivity contribution in [2.45, 2.75) is 51.2 Å². The quantitative estimate of drug-likeness (QED) is 0.802. The minimum Gasteiger partial charge on any atom is -0.497 e. The van der Waals surface area contributed by atoms with Crippen molar-refractivity contribution >= 4 is 6.03 Å². The first kappa shape index (κ1) is 16.6. The topological polar surface area (TPSA) is 70.6 Å². The van der Waals surface area contributed by atoms with Crippen LogP contribution in [-0.2, 0) is 12.0 Å². The Balaban J connectivity index is 2.10. The van der Waals surface area contributed by atoms with E-state index in [1.807, 2.05) is 39.0 Å². The van der Waals surface area contributed by atoms with Crippen LogP contribution < -0.4 is 15.4 Å². The Morgan fingerprint density at radius 2 is 2.14 bits per heavy atom. The first-order chi connectivity index (χ1) is 10.2. The van der Waals surface area contributed by atoms with Crippen LogP contribution in [0.25, 0.3) is 0 Å². The summed E-state index contributed by atoms with van der Waals surface area (Å²) in [7, 11) is 1.63. The van der Waals surface area contributed by atoms with Gasteiger partial charge in [-0.05, 0) is 63.3 Å². The fraction of sp³-hybridized carbons (Fsp3) is 0.588. The van der Waals surface area contributed by atoms with Gasteiger partial charge >= 0.3 is 6.03 Å². The largest absolute Gasteiger partial charge is 0.497 e. The van der Waals surface area contributed by atoms with Gasteiger partial charge in [-0.3, -0.25) is 0 Å². The Labute approximate surface area is 132 Å². The standard InChI is InChI=1S/C17H26N2O3/c1-16(2,3)19-15(20)18-11-17(21)9-5-6-12-10-13(22-4)7-8-14(12)17/h7-8,10,21H,5-6,9,11H2,1-4H3,(H2,18,19,20). The number of urea groups is 1. The molecule has 2 rings (SSSR count). The Bertz CT molecular complexity index is 551. The van der Waals surface area contributed by atoms with Gasteiger partial charge in [0, 0.05) is 5.54 Å². The van der Waals surface area contributed by atoms with Crippen LogP contribution >= 0.6 is 0 Å². The highest BCUT2D eigenvalue weighted by Crippen LogP contribution is 2.36. The molecule has 0 radical (unpaired) electrons. The number of fused-ring (bicyclic) bond motifs is 1. The van der Waals surface area contributed by atoms with Crippen LogP contribution in [0.15, 0.2) is 18.2 Å². The number of benzene rings is 1. The molecule has 1 atom stereocenters. The predicted molar refractivity (Wildman–Crippen MR) is 86.1 cm³/mol. The van der Waals surface area contributed by atoms with E-state index in [-0.39, 0.29) is 18.1 Å². The summed E-state index contributed by atoms with van der Waals surface area (Å²) in [5.74, 6) is 0.793. The van der Waals surface area contributed by atoms with Gasteiger partial charge in [0.1, 0.15) is 11.4 Å². The lowest BCUT2D eigenvalue weighted by Crippen LogP contribution is -2.50. The molecule has 5 heteroatoms. The maximum Gasteiger partial charge on any atom is 0.315 e. The lowest BCUT2D eigenvalue weighted by atomic mass is 9.79. The van der Waals surface area contributed by atoms with Crippen LogP contribution in [0.4, 0.5) is 4.79 Å². The monoisotopic (exact) mass is 306 g/mol. The summed E-state index contributed by atoms with van der Waals surface area (Å²) in [5, 5.41) is 16.6. The van der Waals surface area contributed by atoms with Gasteiger partial charge in [-0.2, -0.15) is 0 Å². The second-order valence-electron chi connectivity index (χ2n) is 6.97. The van der Waals surface area contributed by atoms with Crippen molar-refractivity contribution in [1.29, 1.82) is 0 Å². The van der Waals surface area contributed by atoms with E-state index in [1.54, 1.807) is 7.11 Å². The van der Waals surface area contributed by atoms with E-state index in [9.17, 15) is 9.90 Å². The van der Waals surface area contributed by atoms with Crippen LogP contribution in [-0.4, -0.2) is 30.3 Å². The minimum atomic E-state index is -1.02. The number of amides is 2. The normalized spacial score (nSPS) is 21.0. The molecule has 0 saturated carbocycles. The molecule has 1 aromatic rings. The lowest BCUT2D eigenvalue weighted by molar-refractivity contribution is 0.0214. The summed E-state index contributed by atoms with van der Waals surface area (Å²) < 4.78 is 5.24. The molecule has 0 heterocycles. The minimum absolute atomic E-state index is 0.203. The molecule has 1 aromatic carbocycles. The Kier molecular flexibility index (Phi) is 4.66. The third-order valence-electron chi connectivity index (χ3n) is 3.88. The number of methoxy groups -OCH3 is 1. The number of aliphatic hydroxyl groups is 1. The fourth-order valence-electron chi connectivity index (χ4n) is 2.86. The summed E-state index contributed by atoms with van der Waals surface area (Å²) in [6, 6.07) is 5.46. The average Bonchev–Trinajstić information content (AvgIpc) is 2.43. The van der Waals surface area contributed by atoms with E-state index in [0.717, 1.165) is 29.7 Å².